The van der Waals surface area contributed by atoms with Crippen LogP contribution in [0.4, 0.5) is 5.82 Å². The van der Waals surface area contributed by atoms with Crippen molar-refractivity contribution in [2.45, 2.75) is 0 Å². The lowest BCUT2D eigenvalue weighted by atomic mass is 10.3. The molecule has 2 aromatic heterocycles. The molecular formula is C6H3ClN4O2. The Morgan fingerprint density at radius 3 is 3.08 bits per heavy atom. The zero-order chi connectivity index (χ0) is 9.42. The number of nitrogens with one attached hydrogen (secondary N) is 1. The van der Waals surface area contributed by atoms with Crippen LogP contribution in [0.25, 0.3) is 11.0 Å². The SMILES string of the molecule is O=[N+]([O-])c1[nH]nc2nccc(Cl)c12. The van der Waals surface area contributed by atoms with Crippen LogP contribution in [0.15, 0.2) is 12.3 Å². The first-order valence-corrected chi connectivity index (χ1v) is 3.71. The molecule has 0 fully saturated rings. The Morgan fingerprint density at radius 1 is 1.62 bits per heavy atom. The van der Waals surface area contributed by atoms with Gasteiger partial charge in [-0.2, -0.15) is 0 Å². The molecule has 7 heteroatoms. The number of fused-ring (bicyclic) bond motifs is 1. The van der Waals surface area contributed by atoms with E-state index in [4.69, 9.17) is 11.6 Å². The molecule has 1 N–H and O–H groups in total. The fourth-order valence-corrected chi connectivity index (χ4v) is 1.26. The number of aromatic nitrogens is 3. The van der Waals surface area contributed by atoms with Gasteiger partial charge in [-0.15, -0.1) is 5.10 Å². The number of nitro groups is 1. The van der Waals surface area contributed by atoms with Crippen molar-refractivity contribution in [3.8, 4) is 0 Å². The van der Waals surface area contributed by atoms with Crippen molar-refractivity contribution in [1.82, 2.24) is 15.2 Å². The monoisotopic (exact) mass is 198 g/mol. The summed E-state index contributed by atoms with van der Waals surface area (Å²) in [5.41, 5.74) is 0.249. The summed E-state index contributed by atoms with van der Waals surface area (Å²) in [5, 5.41) is 16.9. The Kier molecular flexibility index (Phi) is 1.63. The Hall–Kier alpha value is -1.69. The van der Waals surface area contributed by atoms with E-state index in [1.165, 1.54) is 12.3 Å². The van der Waals surface area contributed by atoms with E-state index >= 15 is 0 Å². The van der Waals surface area contributed by atoms with E-state index in [-0.39, 0.29) is 21.9 Å². The molecule has 0 spiro atoms. The first-order chi connectivity index (χ1) is 6.20. The summed E-state index contributed by atoms with van der Waals surface area (Å²) in [6, 6.07) is 1.48. The second-order valence-corrected chi connectivity index (χ2v) is 2.73. The average molecular weight is 199 g/mol. The highest BCUT2D eigenvalue weighted by molar-refractivity contribution is 6.35. The normalized spacial score (nSPS) is 10.5. The van der Waals surface area contributed by atoms with Crippen LogP contribution in [0.5, 0.6) is 0 Å². The summed E-state index contributed by atoms with van der Waals surface area (Å²) in [6.45, 7) is 0. The lowest BCUT2D eigenvalue weighted by molar-refractivity contribution is -0.387. The molecule has 0 unspecified atom stereocenters. The second-order valence-electron chi connectivity index (χ2n) is 2.32. The molecule has 0 bridgehead atoms. The standard InChI is InChI=1S/C6H3ClN4O2/c7-3-1-2-8-5-4(3)6(10-9-5)11(12)13/h1-2H,(H,8,9,10). The molecule has 0 aliphatic carbocycles. The zero-order valence-electron chi connectivity index (χ0n) is 6.19. The molecule has 0 amide bonds. The Labute approximate surface area is 76.7 Å². The van der Waals surface area contributed by atoms with Crippen LogP contribution in [-0.2, 0) is 0 Å². The van der Waals surface area contributed by atoms with Crippen LogP contribution in [0.3, 0.4) is 0 Å². The number of hydrogen-bond acceptors (Lipinski definition) is 4. The summed E-state index contributed by atoms with van der Waals surface area (Å²) in [4.78, 5) is 13.7. The van der Waals surface area contributed by atoms with Gasteiger partial charge in [-0.25, -0.2) is 4.98 Å². The smallest absolute Gasteiger partial charge is 0.353 e. The Balaban J connectivity index is 2.86. The zero-order valence-corrected chi connectivity index (χ0v) is 6.95. The number of pyridine rings is 1. The van der Waals surface area contributed by atoms with Gasteiger partial charge in [0.2, 0.25) is 5.65 Å². The van der Waals surface area contributed by atoms with Crippen LogP contribution < -0.4 is 0 Å². The maximum absolute atomic E-state index is 10.5. The van der Waals surface area contributed by atoms with Gasteiger partial charge in [-0.1, -0.05) is 16.7 Å². The number of aromatic amines is 1. The highest BCUT2D eigenvalue weighted by atomic mass is 35.5. The van der Waals surface area contributed by atoms with Gasteiger partial charge in [-0.05, 0) is 11.0 Å². The van der Waals surface area contributed by atoms with E-state index in [0.717, 1.165) is 0 Å². The quantitative estimate of drug-likeness (QED) is 0.556. The fourth-order valence-electron chi connectivity index (χ4n) is 1.03. The molecule has 2 heterocycles. The topological polar surface area (TPSA) is 84.7 Å². The third-order valence-electron chi connectivity index (χ3n) is 1.57. The number of H-pyrrole nitrogens is 1. The largest absolute Gasteiger partial charge is 0.358 e. The molecule has 6 nitrogen and oxygen atoms in total. The molecule has 0 aliphatic rings. The molecule has 0 aromatic carbocycles. The van der Waals surface area contributed by atoms with E-state index in [9.17, 15) is 10.1 Å². The van der Waals surface area contributed by atoms with Gasteiger partial charge in [0.1, 0.15) is 5.39 Å². The van der Waals surface area contributed by atoms with Gasteiger partial charge in [0.05, 0.1) is 5.02 Å². The van der Waals surface area contributed by atoms with Gasteiger partial charge in [-0.3, -0.25) is 0 Å². The van der Waals surface area contributed by atoms with Gasteiger partial charge >= 0.3 is 5.82 Å². The third-order valence-corrected chi connectivity index (χ3v) is 1.88. The second kappa shape index (κ2) is 2.67. The molecule has 66 valence electrons. The number of hydrogen-bond donors (Lipinski definition) is 1. The highest BCUT2D eigenvalue weighted by Gasteiger charge is 2.17. The maximum atomic E-state index is 10.5. The summed E-state index contributed by atoms with van der Waals surface area (Å²) >= 11 is 5.74. The van der Waals surface area contributed by atoms with Crippen molar-refractivity contribution in [3.05, 3.63) is 27.4 Å². The maximum Gasteiger partial charge on any atom is 0.353 e. The minimum absolute atomic E-state index is 0.229. The van der Waals surface area contributed by atoms with Crippen LogP contribution in [0.2, 0.25) is 5.02 Å². The van der Waals surface area contributed by atoms with Crippen molar-refractivity contribution < 1.29 is 4.92 Å². The van der Waals surface area contributed by atoms with E-state index < -0.39 is 4.92 Å². The van der Waals surface area contributed by atoms with Gasteiger partial charge in [0, 0.05) is 6.20 Å². The van der Waals surface area contributed by atoms with Crippen LogP contribution in [0, 0.1) is 10.1 Å². The van der Waals surface area contributed by atoms with Crippen LogP contribution in [-0.4, -0.2) is 20.1 Å². The summed E-state index contributed by atoms with van der Waals surface area (Å²) in [6.07, 6.45) is 1.44. The Morgan fingerprint density at radius 2 is 2.38 bits per heavy atom. The number of nitrogens with zero attached hydrogens (tertiary/aromatic N) is 3. The molecule has 13 heavy (non-hydrogen) atoms. The lowest BCUT2D eigenvalue weighted by Crippen LogP contribution is -1.88. The van der Waals surface area contributed by atoms with Crippen molar-refractivity contribution in [2.24, 2.45) is 0 Å². The first kappa shape index (κ1) is 7.93. The van der Waals surface area contributed by atoms with E-state index in [1.807, 2.05) is 0 Å². The van der Waals surface area contributed by atoms with E-state index in [1.54, 1.807) is 0 Å². The van der Waals surface area contributed by atoms with Crippen molar-refractivity contribution in [1.29, 1.82) is 0 Å². The number of halogens is 1. The molecule has 2 rings (SSSR count). The predicted octanol–water partition coefficient (Wildman–Crippen LogP) is 1.52. The van der Waals surface area contributed by atoms with E-state index in [2.05, 4.69) is 15.2 Å². The molecule has 0 saturated carbocycles. The lowest BCUT2D eigenvalue weighted by Gasteiger charge is -1.91. The summed E-state index contributed by atoms with van der Waals surface area (Å²) in [5.74, 6) is -0.229. The van der Waals surface area contributed by atoms with Gasteiger partial charge < -0.3 is 10.1 Å². The minimum Gasteiger partial charge on any atom is -0.358 e. The van der Waals surface area contributed by atoms with Gasteiger partial charge in [0.25, 0.3) is 0 Å². The molecule has 0 aliphatic heterocycles. The molecule has 0 saturated heterocycles. The van der Waals surface area contributed by atoms with Crippen molar-refractivity contribution in [2.75, 3.05) is 0 Å². The summed E-state index contributed by atoms with van der Waals surface area (Å²) in [7, 11) is 0. The first-order valence-electron chi connectivity index (χ1n) is 3.33. The van der Waals surface area contributed by atoms with Gasteiger partial charge in [0.15, 0.2) is 0 Å². The molecule has 0 radical (unpaired) electrons. The molecular weight excluding hydrogens is 196 g/mol. The van der Waals surface area contributed by atoms with Crippen molar-refractivity contribution >= 4 is 28.5 Å². The Bertz CT molecular complexity index is 480. The van der Waals surface area contributed by atoms with Crippen LogP contribution >= 0.6 is 11.6 Å². The predicted molar refractivity (Wildman–Crippen MR) is 45.6 cm³/mol. The van der Waals surface area contributed by atoms with Crippen LogP contribution in [0.1, 0.15) is 0 Å². The third kappa shape index (κ3) is 1.11. The average Bonchev–Trinajstić information content (AvgIpc) is 2.49. The molecule has 2 aromatic rings. The minimum atomic E-state index is -0.580. The van der Waals surface area contributed by atoms with Crippen molar-refractivity contribution in [3.63, 3.8) is 0 Å². The summed E-state index contributed by atoms with van der Waals surface area (Å²) < 4.78 is 0. The van der Waals surface area contributed by atoms with E-state index in [0.29, 0.717) is 0 Å². The fraction of sp³-hybridized carbons (Fsp3) is 0. The number of rotatable bonds is 1. The molecule has 0 atom stereocenters. The highest BCUT2D eigenvalue weighted by Crippen LogP contribution is 2.27.